The third-order valence-electron chi connectivity index (χ3n) is 3.56. The van der Waals surface area contributed by atoms with E-state index in [9.17, 15) is 0 Å². The van der Waals surface area contributed by atoms with Gasteiger partial charge in [-0.2, -0.15) is 0 Å². The van der Waals surface area contributed by atoms with E-state index in [0.717, 1.165) is 24.0 Å². The van der Waals surface area contributed by atoms with E-state index >= 15 is 0 Å². The summed E-state index contributed by atoms with van der Waals surface area (Å²) in [5, 5.41) is 3.57. The van der Waals surface area contributed by atoms with Crippen molar-refractivity contribution < 1.29 is 4.74 Å². The molecule has 100 valence electrons. The maximum atomic E-state index is 5.73. The van der Waals surface area contributed by atoms with E-state index in [1.165, 1.54) is 24.8 Å². The maximum Gasteiger partial charge on any atom is 0.0587 e. The van der Waals surface area contributed by atoms with Crippen LogP contribution in [0.5, 0.6) is 0 Å². The molecule has 0 radical (unpaired) electrons. The molecular formula is C15H22BrNO. The molecule has 0 aliphatic carbocycles. The predicted molar refractivity (Wildman–Crippen MR) is 78.8 cm³/mol. The molecular weight excluding hydrogens is 290 g/mol. The molecule has 0 spiro atoms. The molecule has 2 nitrogen and oxygen atoms in total. The molecule has 1 fully saturated rings. The third kappa shape index (κ3) is 4.38. The van der Waals surface area contributed by atoms with Gasteiger partial charge in [-0.15, -0.1) is 0 Å². The van der Waals surface area contributed by atoms with Gasteiger partial charge in [0, 0.05) is 17.1 Å². The Labute approximate surface area is 118 Å². The minimum atomic E-state index is 0.404. The quantitative estimate of drug-likeness (QED) is 0.885. The zero-order chi connectivity index (χ0) is 12.8. The smallest absolute Gasteiger partial charge is 0.0587 e. The van der Waals surface area contributed by atoms with Crippen molar-refractivity contribution in [3.8, 4) is 0 Å². The molecule has 2 unspecified atom stereocenters. The number of hydrogen-bond donors (Lipinski definition) is 1. The number of halogens is 1. The molecule has 1 heterocycles. The first-order valence-electron chi connectivity index (χ1n) is 6.86. The van der Waals surface area contributed by atoms with Crippen molar-refractivity contribution in [2.75, 3.05) is 13.2 Å². The Bertz CT molecular complexity index is 346. The molecule has 1 saturated heterocycles. The Morgan fingerprint density at radius 3 is 2.78 bits per heavy atom. The molecule has 1 aliphatic rings. The van der Waals surface area contributed by atoms with Crippen LogP contribution in [0.4, 0.5) is 0 Å². The first kappa shape index (κ1) is 14.0. The summed E-state index contributed by atoms with van der Waals surface area (Å²) in [5.74, 6) is 0. The minimum Gasteiger partial charge on any atom is -0.378 e. The predicted octanol–water partition coefficient (Wildman–Crippen LogP) is 4.06. The zero-order valence-corrected chi connectivity index (χ0v) is 12.6. The van der Waals surface area contributed by atoms with Crippen LogP contribution in [0.1, 0.15) is 44.2 Å². The van der Waals surface area contributed by atoms with Crippen molar-refractivity contribution in [2.24, 2.45) is 0 Å². The first-order chi connectivity index (χ1) is 8.75. The molecule has 0 bridgehead atoms. The summed E-state index contributed by atoms with van der Waals surface area (Å²) in [6.07, 6.45) is 5.39. The number of hydrogen-bond acceptors (Lipinski definition) is 2. The highest BCUT2D eigenvalue weighted by Crippen LogP contribution is 2.18. The lowest BCUT2D eigenvalue weighted by atomic mass is 10.1. The summed E-state index contributed by atoms with van der Waals surface area (Å²) in [6.45, 7) is 4.19. The van der Waals surface area contributed by atoms with Gasteiger partial charge < -0.3 is 10.1 Å². The van der Waals surface area contributed by atoms with Crippen LogP contribution in [-0.4, -0.2) is 19.3 Å². The second-order valence-electron chi connectivity index (χ2n) is 5.00. The maximum absolute atomic E-state index is 5.73. The lowest BCUT2D eigenvalue weighted by Crippen LogP contribution is -2.26. The van der Waals surface area contributed by atoms with Gasteiger partial charge in [0.25, 0.3) is 0 Å². The molecule has 3 heteroatoms. The molecule has 2 rings (SSSR count). The highest BCUT2D eigenvalue weighted by atomic mass is 79.9. The summed E-state index contributed by atoms with van der Waals surface area (Å²) in [6, 6.07) is 8.93. The van der Waals surface area contributed by atoms with Gasteiger partial charge in [0.2, 0.25) is 0 Å². The van der Waals surface area contributed by atoms with Crippen LogP contribution in [0, 0.1) is 0 Å². The van der Waals surface area contributed by atoms with Crippen molar-refractivity contribution in [2.45, 2.75) is 44.8 Å². The third-order valence-corrected chi connectivity index (χ3v) is 4.09. The number of rotatable bonds is 5. The van der Waals surface area contributed by atoms with Gasteiger partial charge in [-0.25, -0.2) is 0 Å². The summed E-state index contributed by atoms with van der Waals surface area (Å²) in [7, 11) is 0. The Morgan fingerprint density at radius 1 is 1.33 bits per heavy atom. The Hall–Kier alpha value is -0.380. The van der Waals surface area contributed by atoms with Gasteiger partial charge in [0.05, 0.1) is 6.10 Å². The monoisotopic (exact) mass is 311 g/mol. The average Bonchev–Trinajstić information content (AvgIpc) is 2.40. The van der Waals surface area contributed by atoms with Crippen LogP contribution in [0.3, 0.4) is 0 Å². The lowest BCUT2D eigenvalue weighted by molar-refractivity contribution is 0.0112. The lowest BCUT2D eigenvalue weighted by Gasteiger charge is -2.23. The summed E-state index contributed by atoms with van der Waals surface area (Å²) < 4.78 is 6.87. The van der Waals surface area contributed by atoms with Gasteiger partial charge >= 0.3 is 0 Å². The topological polar surface area (TPSA) is 21.3 Å². The van der Waals surface area contributed by atoms with Crippen molar-refractivity contribution in [1.82, 2.24) is 5.32 Å². The Kier molecular flexibility index (Phi) is 5.67. The standard InChI is InChI=1S/C15H22BrNO/c1-12(13-5-7-14(16)8-6-13)17-10-9-15-4-2-3-11-18-15/h5-8,12,15,17H,2-4,9-11H2,1H3. The van der Waals surface area contributed by atoms with Gasteiger partial charge in [0.1, 0.15) is 0 Å². The highest BCUT2D eigenvalue weighted by molar-refractivity contribution is 9.10. The fourth-order valence-electron chi connectivity index (χ4n) is 2.37. The Balaban J connectivity index is 1.70. The van der Waals surface area contributed by atoms with E-state index in [-0.39, 0.29) is 0 Å². The second-order valence-corrected chi connectivity index (χ2v) is 5.92. The van der Waals surface area contributed by atoms with Crippen LogP contribution in [0.15, 0.2) is 28.7 Å². The fraction of sp³-hybridized carbons (Fsp3) is 0.600. The zero-order valence-electron chi connectivity index (χ0n) is 11.0. The van der Waals surface area contributed by atoms with Gasteiger partial charge in [-0.3, -0.25) is 0 Å². The minimum absolute atomic E-state index is 0.404. The van der Waals surface area contributed by atoms with Gasteiger partial charge in [-0.1, -0.05) is 28.1 Å². The van der Waals surface area contributed by atoms with E-state index in [1.807, 2.05) is 0 Å². The molecule has 2 atom stereocenters. The van der Waals surface area contributed by atoms with Crippen molar-refractivity contribution in [3.05, 3.63) is 34.3 Å². The van der Waals surface area contributed by atoms with E-state index in [4.69, 9.17) is 4.74 Å². The van der Waals surface area contributed by atoms with Gasteiger partial charge in [0.15, 0.2) is 0 Å². The van der Waals surface area contributed by atoms with Crippen LogP contribution in [0.2, 0.25) is 0 Å². The number of nitrogens with one attached hydrogen (secondary N) is 1. The fourth-order valence-corrected chi connectivity index (χ4v) is 2.63. The largest absolute Gasteiger partial charge is 0.378 e. The number of ether oxygens (including phenoxy) is 1. The highest BCUT2D eigenvalue weighted by Gasteiger charge is 2.13. The molecule has 0 aromatic heterocycles. The molecule has 0 saturated carbocycles. The van der Waals surface area contributed by atoms with Crippen LogP contribution in [-0.2, 0) is 4.74 Å². The SMILES string of the molecule is CC(NCCC1CCCCO1)c1ccc(Br)cc1. The van der Waals surface area contributed by atoms with Crippen molar-refractivity contribution >= 4 is 15.9 Å². The molecule has 1 N–H and O–H groups in total. The van der Waals surface area contributed by atoms with Crippen LogP contribution >= 0.6 is 15.9 Å². The van der Waals surface area contributed by atoms with Crippen LogP contribution in [0.25, 0.3) is 0 Å². The summed E-state index contributed by atoms with van der Waals surface area (Å²) >= 11 is 3.46. The molecule has 0 amide bonds. The second kappa shape index (κ2) is 7.27. The van der Waals surface area contributed by atoms with E-state index < -0.39 is 0 Å². The molecule has 1 aliphatic heterocycles. The van der Waals surface area contributed by atoms with Crippen molar-refractivity contribution in [3.63, 3.8) is 0 Å². The van der Waals surface area contributed by atoms with Crippen molar-refractivity contribution in [1.29, 1.82) is 0 Å². The first-order valence-corrected chi connectivity index (χ1v) is 7.65. The molecule has 1 aromatic rings. The molecule has 18 heavy (non-hydrogen) atoms. The van der Waals surface area contributed by atoms with Crippen LogP contribution < -0.4 is 5.32 Å². The summed E-state index contributed by atoms with van der Waals surface area (Å²) in [4.78, 5) is 0. The van der Waals surface area contributed by atoms with E-state index in [0.29, 0.717) is 12.1 Å². The van der Waals surface area contributed by atoms with E-state index in [1.54, 1.807) is 0 Å². The summed E-state index contributed by atoms with van der Waals surface area (Å²) in [5.41, 5.74) is 1.34. The Morgan fingerprint density at radius 2 is 2.11 bits per heavy atom. The van der Waals surface area contributed by atoms with Gasteiger partial charge in [-0.05, 0) is 56.8 Å². The van der Waals surface area contributed by atoms with E-state index in [2.05, 4.69) is 52.4 Å². The average molecular weight is 312 g/mol. The normalized spacial score (nSPS) is 21.8. The number of benzene rings is 1. The molecule has 1 aromatic carbocycles.